The fourth-order valence-corrected chi connectivity index (χ4v) is 3.34. The predicted octanol–water partition coefficient (Wildman–Crippen LogP) is 3.85. The number of hydrogen-bond donors (Lipinski definition) is 1. The van der Waals surface area contributed by atoms with Crippen LogP contribution in [-0.4, -0.2) is 48.4 Å². The Kier molecular flexibility index (Phi) is 6.57. The first-order valence-electron chi connectivity index (χ1n) is 9.37. The largest absolute Gasteiger partial charge is 0.418 e. The van der Waals surface area contributed by atoms with Crippen molar-refractivity contribution in [3.05, 3.63) is 65.7 Å². The molecule has 4 nitrogen and oxygen atoms in total. The molecule has 0 aromatic heterocycles. The van der Waals surface area contributed by atoms with E-state index in [1.807, 2.05) is 18.2 Å². The normalized spacial score (nSPS) is 15.5. The van der Waals surface area contributed by atoms with Crippen molar-refractivity contribution in [3.63, 3.8) is 0 Å². The fraction of sp³-hybridized carbons (Fsp3) is 0.381. The summed E-state index contributed by atoms with van der Waals surface area (Å²) in [7, 11) is 0. The summed E-state index contributed by atoms with van der Waals surface area (Å²) in [6, 6.07) is 15.5. The van der Waals surface area contributed by atoms with Gasteiger partial charge in [-0.25, -0.2) is 0 Å². The van der Waals surface area contributed by atoms with Gasteiger partial charge in [0.1, 0.15) is 0 Å². The van der Waals surface area contributed by atoms with Crippen LogP contribution in [0.15, 0.2) is 54.6 Å². The number of alkyl halides is 3. The van der Waals surface area contributed by atoms with Crippen LogP contribution in [0.3, 0.4) is 0 Å². The van der Waals surface area contributed by atoms with Crippen LogP contribution in [0.1, 0.15) is 17.5 Å². The lowest BCUT2D eigenvalue weighted by Crippen LogP contribution is -2.48. The molecule has 0 radical (unpaired) electrons. The van der Waals surface area contributed by atoms with Gasteiger partial charge in [0.15, 0.2) is 0 Å². The van der Waals surface area contributed by atoms with Gasteiger partial charge in [0.2, 0.25) is 5.91 Å². The monoisotopic (exact) mass is 391 g/mol. The van der Waals surface area contributed by atoms with Crippen LogP contribution in [-0.2, 0) is 17.5 Å². The number of nitrogens with one attached hydrogen (secondary N) is 1. The van der Waals surface area contributed by atoms with E-state index in [4.69, 9.17) is 0 Å². The maximum absolute atomic E-state index is 13.0. The quantitative estimate of drug-likeness (QED) is 0.813. The summed E-state index contributed by atoms with van der Waals surface area (Å²) in [5.41, 5.74) is 0.544. The molecule has 0 aliphatic carbocycles. The maximum Gasteiger partial charge on any atom is 0.418 e. The minimum absolute atomic E-state index is 0.00970. The first kappa shape index (κ1) is 20.2. The highest BCUT2D eigenvalue weighted by Gasteiger charge is 2.33. The second-order valence-electron chi connectivity index (χ2n) is 6.86. The van der Waals surface area contributed by atoms with Crippen molar-refractivity contribution in [2.75, 3.05) is 38.0 Å². The second-order valence-corrected chi connectivity index (χ2v) is 6.86. The third-order valence-electron chi connectivity index (χ3n) is 4.86. The van der Waals surface area contributed by atoms with Crippen LogP contribution in [0.25, 0.3) is 0 Å². The Morgan fingerprint density at radius 3 is 2.25 bits per heavy atom. The summed E-state index contributed by atoms with van der Waals surface area (Å²) in [4.78, 5) is 16.5. The number of carbonyl (C=O) groups excluding carboxylic acids is 1. The highest BCUT2D eigenvalue weighted by atomic mass is 19.4. The molecule has 28 heavy (non-hydrogen) atoms. The van der Waals surface area contributed by atoms with E-state index >= 15 is 0 Å². The first-order valence-corrected chi connectivity index (χ1v) is 9.37. The SMILES string of the molecule is O=C(CCNc1ccccc1C(F)(F)F)N1CCN(Cc2ccccc2)CC1. The molecule has 7 heteroatoms. The lowest BCUT2D eigenvalue weighted by molar-refractivity contribution is -0.137. The lowest BCUT2D eigenvalue weighted by atomic mass is 10.1. The van der Waals surface area contributed by atoms with Crippen LogP contribution in [0.4, 0.5) is 18.9 Å². The molecule has 1 saturated heterocycles. The van der Waals surface area contributed by atoms with Gasteiger partial charge in [0.25, 0.3) is 0 Å². The van der Waals surface area contributed by atoms with Gasteiger partial charge >= 0.3 is 6.18 Å². The summed E-state index contributed by atoms with van der Waals surface area (Å²) in [5.74, 6) is -0.0312. The number of carbonyl (C=O) groups is 1. The molecule has 3 rings (SSSR count). The predicted molar refractivity (Wildman–Crippen MR) is 103 cm³/mol. The van der Waals surface area contributed by atoms with Gasteiger partial charge in [-0.2, -0.15) is 13.2 Å². The molecule has 2 aromatic carbocycles. The molecule has 0 unspecified atom stereocenters. The zero-order valence-corrected chi connectivity index (χ0v) is 15.6. The molecule has 1 heterocycles. The molecule has 1 amide bonds. The van der Waals surface area contributed by atoms with Gasteiger partial charge in [0.05, 0.1) is 5.56 Å². The number of piperazine rings is 1. The number of benzene rings is 2. The third-order valence-corrected chi connectivity index (χ3v) is 4.86. The van der Waals surface area contributed by atoms with E-state index in [9.17, 15) is 18.0 Å². The molecule has 1 aliphatic rings. The highest BCUT2D eigenvalue weighted by molar-refractivity contribution is 5.77. The van der Waals surface area contributed by atoms with Crippen molar-refractivity contribution in [3.8, 4) is 0 Å². The summed E-state index contributed by atoms with van der Waals surface area (Å²) in [6.07, 6.45) is -4.24. The second kappa shape index (κ2) is 9.10. The number of anilines is 1. The molecule has 0 spiro atoms. The summed E-state index contributed by atoms with van der Waals surface area (Å²) in [5, 5.41) is 2.75. The van der Waals surface area contributed by atoms with Crippen LogP contribution < -0.4 is 5.32 Å². The molecule has 150 valence electrons. The Bertz CT molecular complexity index is 772. The van der Waals surface area contributed by atoms with Crippen LogP contribution in [0.2, 0.25) is 0 Å². The van der Waals surface area contributed by atoms with E-state index in [0.29, 0.717) is 13.1 Å². The van der Waals surface area contributed by atoms with E-state index in [0.717, 1.165) is 25.7 Å². The number of hydrogen-bond acceptors (Lipinski definition) is 3. The molecule has 1 N–H and O–H groups in total. The number of amides is 1. The van der Waals surface area contributed by atoms with Gasteiger partial charge in [0, 0.05) is 51.4 Å². The molecule has 2 aromatic rings. The van der Waals surface area contributed by atoms with Crippen molar-refractivity contribution in [2.24, 2.45) is 0 Å². The molecule has 0 bridgehead atoms. The first-order chi connectivity index (χ1) is 13.4. The Balaban J connectivity index is 1.43. The lowest BCUT2D eigenvalue weighted by Gasteiger charge is -2.35. The fourth-order valence-electron chi connectivity index (χ4n) is 3.34. The molecule has 1 aliphatic heterocycles. The minimum atomic E-state index is -4.41. The third kappa shape index (κ3) is 5.48. The molecule has 1 fully saturated rings. The molecule has 0 saturated carbocycles. The van der Waals surface area contributed by atoms with Gasteiger partial charge in [-0.3, -0.25) is 9.69 Å². The topological polar surface area (TPSA) is 35.6 Å². The average molecular weight is 391 g/mol. The average Bonchev–Trinajstić information content (AvgIpc) is 2.69. The molecule has 0 atom stereocenters. The number of para-hydroxylation sites is 1. The van der Waals surface area contributed by atoms with Gasteiger partial charge in [-0.1, -0.05) is 42.5 Å². The van der Waals surface area contributed by atoms with E-state index in [2.05, 4.69) is 22.3 Å². The van der Waals surface area contributed by atoms with Crippen molar-refractivity contribution in [1.82, 2.24) is 9.80 Å². The van der Waals surface area contributed by atoms with Gasteiger partial charge < -0.3 is 10.2 Å². The van der Waals surface area contributed by atoms with E-state index in [1.165, 1.54) is 17.7 Å². The smallest absolute Gasteiger partial charge is 0.384 e. The maximum atomic E-state index is 13.0. The van der Waals surface area contributed by atoms with Crippen LogP contribution in [0.5, 0.6) is 0 Å². The van der Waals surface area contributed by atoms with Crippen molar-refractivity contribution in [2.45, 2.75) is 19.1 Å². The van der Waals surface area contributed by atoms with Gasteiger partial charge in [-0.05, 0) is 17.7 Å². The van der Waals surface area contributed by atoms with Crippen molar-refractivity contribution in [1.29, 1.82) is 0 Å². The summed E-state index contributed by atoms with van der Waals surface area (Å²) < 4.78 is 39.0. The summed E-state index contributed by atoms with van der Waals surface area (Å²) in [6.45, 7) is 3.92. The van der Waals surface area contributed by atoms with Crippen LogP contribution >= 0.6 is 0 Å². The van der Waals surface area contributed by atoms with Crippen molar-refractivity contribution < 1.29 is 18.0 Å². The number of nitrogens with zero attached hydrogens (tertiary/aromatic N) is 2. The highest BCUT2D eigenvalue weighted by Crippen LogP contribution is 2.34. The van der Waals surface area contributed by atoms with E-state index in [1.54, 1.807) is 11.0 Å². The molecular formula is C21H24F3N3O. The van der Waals surface area contributed by atoms with Crippen molar-refractivity contribution >= 4 is 11.6 Å². The Morgan fingerprint density at radius 2 is 1.57 bits per heavy atom. The standard InChI is InChI=1S/C21H24F3N3O/c22-21(23,24)18-8-4-5-9-19(18)25-11-10-20(28)27-14-12-26(13-15-27)16-17-6-2-1-3-7-17/h1-9,25H,10-16H2. The van der Waals surface area contributed by atoms with Crippen LogP contribution in [0, 0.1) is 0 Å². The zero-order valence-electron chi connectivity index (χ0n) is 15.6. The minimum Gasteiger partial charge on any atom is -0.384 e. The summed E-state index contributed by atoms with van der Waals surface area (Å²) >= 11 is 0. The Morgan fingerprint density at radius 1 is 0.929 bits per heavy atom. The Hall–Kier alpha value is -2.54. The zero-order chi connectivity index (χ0) is 20.0. The number of rotatable bonds is 6. The Labute approximate surface area is 162 Å². The molecular weight excluding hydrogens is 367 g/mol. The van der Waals surface area contributed by atoms with E-state index < -0.39 is 11.7 Å². The van der Waals surface area contributed by atoms with E-state index in [-0.39, 0.29) is 24.6 Å². The van der Waals surface area contributed by atoms with Gasteiger partial charge in [-0.15, -0.1) is 0 Å². The number of halogens is 3.